The van der Waals surface area contributed by atoms with Crippen LogP contribution in [0, 0.1) is 6.92 Å². The van der Waals surface area contributed by atoms with Crippen LogP contribution >= 0.6 is 34.3 Å². The van der Waals surface area contributed by atoms with E-state index in [1.807, 2.05) is 35.4 Å². The van der Waals surface area contributed by atoms with E-state index in [2.05, 4.69) is 11.1 Å². The van der Waals surface area contributed by atoms with Crippen molar-refractivity contribution in [3.05, 3.63) is 67.3 Å². The van der Waals surface area contributed by atoms with Crippen LogP contribution in [-0.4, -0.2) is 35.0 Å². The summed E-state index contributed by atoms with van der Waals surface area (Å²) in [7, 11) is 0. The number of rotatable bonds is 8. The zero-order valence-electron chi connectivity index (χ0n) is 16.7. The molecule has 1 unspecified atom stereocenters. The SMILES string of the molecule is Cc1nc(COc2ccc(Cl)cc2)sc1C(=O)N(Cc1cccs1)CC1CCCO1. The molecule has 1 fully saturated rings. The van der Waals surface area contributed by atoms with Crippen LogP contribution in [0.2, 0.25) is 5.02 Å². The largest absolute Gasteiger partial charge is 0.486 e. The topological polar surface area (TPSA) is 51.7 Å². The smallest absolute Gasteiger partial charge is 0.266 e. The summed E-state index contributed by atoms with van der Waals surface area (Å²) < 4.78 is 11.6. The van der Waals surface area contributed by atoms with Crippen LogP contribution in [0.25, 0.3) is 0 Å². The number of carbonyl (C=O) groups is 1. The lowest BCUT2D eigenvalue weighted by molar-refractivity contribution is 0.0512. The molecule has 2 aromatic heterocycles. The molecule has 3 aromatic rings. The van der Waals surface area contributed by atoms with Crippen LogP contribution in [0.3, 0.4) is 0 Å². The van der Waals surface area contributed by atoms with E-state index in [1.54, 1.807) is 23.5 Å². The van der Waals surface area contributed by atoms with Crippen molar-refractivity contribution in [1.29, 1.82) is 0 Å². The van der Waals surface area contributed by atoms with E-state index in [1.165, 1.54) is 11.3 Å². The molecule has 8 heteroatoms. The monoisotopic (exact) mass is 462 g/mol. The highest BCUT2D eigenvalue weighted by atomic mass is 35.5. The van der Waals surface area contributed by atoms with E-state index in [-0.39, 0.29) is 12.0 Å². The van der Waals surface area contributed by atoms with Crippen LogP contribution in [-0.2, 0) is 17.9 Å². The molecule has 0 aliphatic carbocycles. The van der Waals surface area contributed by atoms with Gasteiger partial charge in [-0.2, -0.15) is 0 Å². The Morgan fingerprint density at radius 3 is 2.87 bits per heavy atom. The number of nitrogens with zero attached hydrogens (tertiary/aromatic N) is 2. The molecule has 158 valence electrons. The summed E-state index contributed by atoms with van der Waals surface area (Å²) in [6, 6.07) is 11.3. The zero-order valence-corrected chi connectivity index (χ0v) is 19.1. The Morgan fingerprint density at radius 1 is 1.33 bits per heavy atom. The van der Waals surface area contributed by atoms with Crippen molar-refractivity contribution in [1.82, 2.24) is 9.88 Å². The molecule has 0 radical (unpaired) electrons. The lowest BCUT2D eigenvalue weighted by Crippen LogP contribution is -2.36. The Kier molecular flexibility index (Phi) is 7.04. The van der Waals surface area contributed by atoms with E-state index < -0.39 is 0 Å². The van der Waals surface area contributed by atoms with Gasteiger partial charge in [-0.15, -0.1) is 22.7 Å². The van der Waals surface area contributed by atoms with Crippen molar-refractivity contribution in [3.8, 4) is 5.75 Å². The third kappa shape index (κ3) is 5.40. The van der Waals surface area contributed by atoms with Crippen LogP contribution in [0.15, 0.2) is 41.8 Å². The van der Waals surface area contributed by atoms with Crippen molar-refractivity contribution < 1.29 is 14.3 Å². The van der Waals surface area contributed by atoms with Gasteiger partial charge in [-0.3, -0.25) is 4.79 Å². The third-order valence-electron chi connectivity index (χ3n) is 4.87. The number of ether oxygens (including phenoxy) is 2. The minimum Gasteiger partial charge on any atom is -0.486 e. The summed E-state index contributed by atoms with van der Waals surface area (Å²) in [5.74, 6) is 0.726. The lowest BCUT2D eigenvalue weighted by Gasteiger charge is -2.24. The lowest BCUT2D eigenvalue weighted by atomic mass is 10.2. The molecular weight excluding hydrogens is 440 g/mol. The average Bonchev–Trinajstić information content (AvgIpc) is 3.49. The maximum atomic E-state index is 13.4. The molecule has 0 bridgehead atoms. The number of thiazole rings is 1. The van der Waals surface area contributed by atoms with E-state index >= 15 is 0 Å². The first-order valence-electron chi connectivity index (χ1n) is 9.86. The fourth-order valence-corrected chi connectivity index (χ4v) is 5.17. The van der Waals surface area contributed by atoms with Crippen molar-refractivity contribution in [2.24, 2.45) is 0 Å². The van der Waals surface area contributed by atoms with Crippen LogP contribution in [0.1, 0.15) is 38.1 Å². The van der Waals surface area contributed by atoms with Gasteiger partial charge in [0, 0.05) is 23.1 Å². The Hall–Kier alpha value is -1.93. The van der Waals surface area contributed by atoms with Gasteiger partial charge in [0.1, 0.15) is 22.2 Å². The van der Waals surface area contributed by atoms with Crippen molar-refractivity contribution >= 4 is 40.2 Å². The van der Waals surface area contributed by atoms with E-state index in [0.717, 1.165) is 40.8 Å². The molecule has 1 saturated heterocycles. The maximum absolute atomic E-state index is 13.4. The number of aromatic nitrogens is 1. The Bertz CT molecular complexity index is 967. The van der Waals surface area contributed by atoms with Gasteiger partial charge in [-0.1, -0.05) is 17.7 Å². The second-order valence-corrected chi connectivity index (χ2v) is 9.72. The van der Waals surface area contributed by atoms with Gasteiger partial charge in [0.05, 0.1) is 18.3 Å². The summed E-state index contributed by atoms with van der Waals surface area (Å²) in [4.78, 5) is 21.7. The van der Waals surface area contributed by atoms with Gasteiger partial charge in [-0.25, -0.2) is 4.98 Å². The van der Waals surface area contributed by atoms with Gasteiger partial charge in [0.25, 0.3) is 5.91 Å². The number of aryl methyl sites for hydroxylation is 1. The molecule has 1 aliphatic rings. The molecular formula is C22H23ClN2O3S2. The predicted octanol–water partition coefficient (Wildman–Crippen LogP) is 5.57. The fraction of sp³-hybridized carbons (Fsp3) is 0.364. The van der Waals surface area contributed by atoms with Crippen molar-refractivity contribution in [2.75, 3.05) is 13.2 Å². The van der Waals surface area contributed by atoms with Gasteiger partial charge in [0.15, 0.2) is 0 Å². The summed E-state index contributed by atoms with van der Waals surface area (Å²) in [6.45, 7) is 4.16. The Morgan fingerprint density at radius 2 is 2.17 bits per heavy atom. The first kappa shape index (κ1) is 21.3. The van der Waals surface area contributed by atoms with E-state index in [9.17, 15) is 4.79 Å². The van der Waals surface area contributed by atoms with Crippen LogP contribution in [0.4, 0.5) is 0 Å². The normalized spacial score (nSPS) is 16.0. The van der Waals surface area contributed by atoms with Crippen molar-refractivity contribution in [2.45, 2.75) is 39.0 Å². The third-order valence-corrected chi connectivity index (χ3v) is 7.11. The standard InChI is InChI=1S/C22H23ClN2O3S2/c1-15-21(30-20(24-15)14-28-17-8-6-16(23)7-9-17)22(26)25(12-18-4-2-10-27-18)13-19-5-3-11-29-19/h3,5-9,11,18H,2,4,10,12-14H2,1H3. The molecule has 5 nitrogen and oxygen atoms in total. The van der Waals surface area contributed by atoms with Gasteiger partial charge < -0.3 is 14.4 Å². The summed E-state index contributed by atoms with van der Waals surface area (Å²) in [6.07, 6.45) is 2.16. The molecule has 30 heavy (non-hydrogen) atoms. The summed E-state index contributed by atoms with van der Waals surface area (Å²) in [5.41, 5.74) is 0.739. The number of amides is 1. The quantitative estimate of drug-likeness (QED) is 0.439. The van der Waals surface area contributed by atoms with Crippen LogP contribution < -0.4 is 4.74 Å². The number of carbonyl (C=O) groups excluding carboxylic acids is 1. The van der Waals surface area contributed by atoms with Gasteiger partial charge >= 0.3 is 0 Å². The highest BCUT2D eigenvalue weighted by Crippen LogP contribution is 2.25. The minimum atomic E-state index is 0.00615. The molecule has 1 atom stereocenters. The second-order valence-electron chi connectivity index (χ2n) is 7.16. The fourth-order valence-electron chi connectivity index (χ4n) is 3.38. The molecule has 1 aliphatic heterocycles. The van der Waals surface area contributed by atoms with E-state index in [4.69, 9.17) is 21.1 Å². The predicted molar refractivity (Wildman–Crippen MR) is 121 cm³/mol. The molecule has 0 spiro atoms. The summed E-state index contributed by atoms with van der Waals surface area (Å²) in [5, 5.41) is 3.48. The number of hydrogen-bond acceptors (Lipinski definition) is 6. The first-order valence-corrected chi connectivity index (χ1v) is 11.9. The number of thiophene rings is 1. The molecule has 1 aromatic carbocycles. The Labute approximate surface area is 189 Å². The zero-order chi connectivity index (χ0) is 20.9. The number of benzene rings is 1. The molecule has 0 N–H and O–H groups in total. The first-order chi connectivity index (χ1) is 14.6. The highest BCUT2D eigenvalue weighted by Gasteiger charge is 2.26. The summed E-state index contributed by atoms with van der Waals surface area (Å²) >= 11 is 8.97. The number of halogens is 1. The van der Waals surface area contributed by atoms with Gasteiger partial charge in [0.2, 0.25) is 0 Å². The Balaban J connectivity index is 1.46. The van der Waals surface area contributed by atoms with Crippen molar-refractivity contribution in [3.63, 3.8) is 0 Å². The highest BCUT2D eigenvalue weighted by molar-refractivity contribution is 7.13. The molecule has 4 rings (SSSR count). The molecule has 3 heterocycles. The molecule has 0 saturated carbocycles. The van der Waals surface area contributed by atoms with Gasteiger partial charge in [-0.05, 0) is 55.5 Å². The molecule has 1 amide bonds. The van der Waals surface area contributed by atoms with E-state index in [0.29, 0.717) is 29.6 Å². The second kappa shape index (κ2) is 9.92. The maximum Gasteiger partial charge on any atom is 0.266 e. The average molecular weight is 463 g/mol. The van der Waals surface area contributed by atoms with Crippen LogP contribution in [0.5, 0.6) is 5.75 Å². The minimum absolute atomic E-state index is 0.00615. The number of hydrogen-bond donors (Lipinski definition) is 0.